The zero-order valence-electron chi connectivity index (χ0n) is 21.6. The smallest absolute Gasteiger partial charge is 0.330 e. The number of carbonyl (C=O) groups excluding carboxylic acids is 2. The van der Waals surface area contributed by atoms with Gasteiger partial charge in [-0.05, 0) is 74.4 Å². The number of benzene rings is 2. The quantitative estimate of drug-likeness (QED) is 0.232. The van der Waals surface area contributed by atoms with Gasteiger partial charge in [0.15, 0.2) is 5.13 Å². The van der Waals surface area contributed by atoms with E-state index in [9.17, 15) is 14.0 Å². The van der Waals surface area contributed by atoms with Crippen LogP contribution in [0.1, 0.15) is 44.1 Å². The fourth-order valence-corrected chi connectivity index (χ4v) is 6.41. The zero-order valence-corrected chi connectivity index (χ0v) is 23.1. The summed E-state index contributed by atoms with van der Waals surface area (Å²) in [6.07, 6.45) is 2.98. The summed E-state index contributed by atoms with van der Waals surface area (Å²) in [5, 5.41) is 4.03. The number of esters is 1. The van der Waals surface area contributed by atoms with Crippen molar-refractivity contribution in [1.29, 1.82) is 0 Å². The lowest BCUT2D eigenvalue weighted by Gasteiger charge is -2.37. The zero-order chi connectivity index (χ0) is 27.6. The topological polar surface area (TPSA) is 80.8 Å². The van der Waals surface area contributed by atoms with Crippen LogP contribution in [0.5, 0.6) is 0 Å². The maximum Gasteiger partial charge on any atom is 0.330 e. The molecule has 11 heteroatoms. The molecule has 7 nitrogen and oxygen atoms in total. The number of hydrogen-bond donors (Lipinski definition) is 1. The molecule has 5 rings (SSSR count). The minimum Gasteiger partial charge on any atom is -0.469 e. The molecule has 3 aromatic rings. The Hall–Kier alpha value is -2.66. The van der Waals surface area contributed by atoms with Gasteiger partial charge >= 0.3 is 11.9 Å². The maximum atomic E-state index is 16.5. The molecule has 1 aliphatic heterocycles. The third-order valence-electron chi connectivity index (χ3n) is 7.38. The van der Waals surface area contributed by atoms with Crippen LogP contribution in [0.4, 0.5) is 19.6 Å². The summed E-state index contributed by atoms with van der Waals surface area (Å²) in [5.74, 6) is -4.03. The van der Waals surface area contributed by atoms with Crippen LogP contribution in [0, 0.1) is 11.7 Å². The Kier molecular flexibility index (Phi) is 8.46. The van der Waals surface area contributed by atoms with Crippen molar-refractivity contribution in [1.82, 2.24) is 9.88 Å². The number of hydrogen-bond acceptors (Lipinski definition) is 8. The van der Waals surface area contributed by atoms with E-state index in [0.29, 0.717) is 70.4 Å². The number of halogens is 3. The highest BCUT2D eigenvalue weighted by molar-refractivity contribution is 7.22. The molecule has 1 unspecified atom stereocenters. The van der Waals surface area contributed by atoms with Crippen LogP contribution in [0.2, 0.25) is 5.02 Å². The van der Waals surface area contributed by atoms with E-state index in [1.54, 1.807) is 24.3 Å². The SMILES string of the molecule is COC(=O)C1CCC(OC(F)(C(=O)Cc2ccc(Nc3nc4ccc(F)cc4s3)c(Cl)c2)N2CCCC2)CC1. The summed E-state index contributed by atoms with van der Waals surface area (Å²) in [6.45, 7) is 0.880. The van der Waals surface area contributed by atoms with E-state index in [0.717, 1.165) is 12.8 Å². The van der Waals surface area contributed by atoms with Crippen LogP contribution >= 0.6 is 22.9 Å². The van der Waals surface area contributed by atoms with Gasteiger partial charge in [0.1, 0.15) is 5.82 Å². The maximum absolute atomic E-state index is 16.5. The summed E-state index contributed by atoms with van der Waals surface area (Å²) in [5.41, 5.74) is 1.79. The number of aromatic nitrogens is 1. The van der Waals surface area contributed by atoms with Crippen LogP contribution < -0.4 is 5.32 Å². The molecule has 1 aromatic heterocycles. The van der Waals surface area contributed by atoms with E-state index in [-0.39, 0.29) is 24.1 Å². The fourth-order valence-electron chi connectivity index (χ4n) is 5.26. The number of ether oxygens (including phenoxy) is 2. The van der Waals surface area contributed by atoms with E-state index in [4.69, 9.17) is 21.1 Å². The lowest BCUT2D eigenvalue weighted by atomic mass is 9.87. The molecule has 2 fully saturated rings. The first-order valence-corrected chi connectivity index (χ1v) is 14.3. The molecule has 1 saturated carbocycles. The number of Topliss-reactive ketones (excluding diaryl/α,β-unsaturated/α-hetero) is 1. The Morgan fingerprint density at radius 1 is 1.15 bits per heavy atom. The van der Waals surface area contributed by atoms with Gasteiger partial charge in [0.25, 0.3) is 0 Å². The Bertz CT molecular complexity index is 1360. The number of anilines is 2. The third-order valence-corrected chi connectivity index (χ3v) is 8.62. The van der Waals surface area contributed by atoms with E-state index in [1.807, 2.05) is 0 Å². The normalized spacial score (nSPS) is 21.5. The first-order valence-electron chi connectivity index (χ1n) is 13.1. The first-order chi connectivity index (χ1) is 18.7. The van der Waals surface area contributed by atoms with E-state index in [1.165, 1.54) is 35.5 Å². The van der Waals surface area contributed by atoms with Gasteiger partial charge in [-0.15, -0.1) is 0 Å². The molecule has 0 bridgehead atoms. The van der Waals surface area contributed by atoms with Crippen LogP contribution in [-0.4, -0.2) is 53.9 Å². The van der Waals surface area contributed by atoms with E-state index >= 15 is 4.39 Å². The number of rotatable bonds is 9. The Morgan fingerprint density at radius 2 is 1.90 bits per heavy atom. The van der Waals surface area contributed by atoms with E-state index in [2.05, 4.69) is 10.3 Å². The predicted octanol–water partition coefficient (Wildman–Crippen LogP) is 6.41. The highest BCUT2D eigenvalue weighted by atomic mass is 35.5. The molecule has 2 heterocycles. The molecule has 39 heavy (non-hydrogen) atoms. The van der Waals surface area contributed by atoms with Gasteiger partial charge in [-0.25, -0.2) is 14.3 Å². The minimum absolute atomic E-state index is 0.190. The Labute approximate surface area is 234 Å². The average molecular weight is 578 g/mol. The first kappa shape index (κ1) is 27.9. The number of nitrogens with one attached hydrogen (secondary N) is 1. The second-order valence-corrected chi connectivity index (χ2v) is 11.5. The fraction of sp³-hybridized carbons (Fsp3) is 0.464. The number of ketones is 1. The van der Waals surface area contributed by atoms with Gasteiger partial charge in [-0.2, -0.15) is 4.39 Å². The van der Waals surface area contributed by atoms with Crippen molar-refractivity contribution in [3.05, 3.63) is 52.8 Å². The summed E-state index contributed by atoms with van der Waals surface area (Å²) in [4.78, 5) is 31.2. The summed E-state index contributed by atoms with van der Waals surface area (Å²) >= 11 is 7.80. The molecule has 2 aliphatic rings. The summed E-state index contributed by atoms with van der Waals surface area (Å²) < 4.78 is 41.4. The van der Waals surface area contributed by atoms with Crippen molar-refractivity contribution in [2.75, 3.05) is 25.5 Å². The van der Waals surface area contributed by atoms with Crippen LogP contribution in [-0.2, 0) is 25.5 Å². The Morgan fingerprint density at radius 3 is 2.59 bits per heavy atom. The highest BCUT2D eigenvalue weighted by Gasteiger charge is 2.48. The molecule has 1 saturated heterocycles. The van der Waals surface area contributed by atoms with Crippen molar-refractivity contribution in [3.63, 3.8) is 0 Å². The monoisotopic (exact) mass is 577 g/mol. The van der Waals surface area contributed by atoms with Crippen molar-refractivity contribution in [3.8, 4) is 0 Å². The number of carbonyl (C=O) groups is 2. The van der Waals surface area contributed by atoms with Gasteiger partial charge in [0, 0.05) is 19.5 Å². The molecule has 0 amide bonds. The summed E-state index contributed by atoms with van der Waals surface area (Å²) in [7, 11) is 1.36. The molecule has 0 radical (unpaired) electrons. The lowest BCUT2D eigenvalue weighted by molar-refractivity contribution is -0.252. The molecule has 1 N–H and O–H groups in total. The Balaban J connectivity index is 1.27. The van der Waals surface area contributed by atoms with Crippen molar-refractivity contribution < 1.29 is 27.8 Å². The van der Waals surface area contributed by atoms with Gasteiger partial charge < -0.3 is 14.8 Å². The molecule has 208 valence electrons. The predicted molar refractivity (Wildman–Crippen MR) is 147 cm³/mol. The number of fused-ring (bicyclic) bond motifs is 1. The minimum atomic E-state index is -2.54. The van der Waals surface area contributed by atoms with Crippen molar-refractivity contribution in [2.45, 2.75) is 57.0 Å². The number of likely N-dealkylation sites (tertiary alicyclic amines) is 1. The molecular formula is C28H30ClF2N3O4S. The van der Waals surface area contributed by atoms with Gasteiger partial charge in [0.2, 0.25) is 5.78 Å². The van der Waals surface area contributed by atoms with Crippen LogP contribution in [0.3, 0.4) is 0 Å². The van der Waals surface area contributed by atoms with Gasteiger partial charge in [0.05, 0.1) is 40.1 Å². The summed E-state index contributed by atoms with van der Waals surface area (Å²) in [6, 6.07) is 9.44. The van der Waals surface area contributed by atoms with Gasteiger partial charge in [-0.1, -0.05) is 29.0 Å². The third kappa shape index (κ3) is 6.24. The average Bonchev–Trinajstić information content (AvgIpc) is 3.60. The molecule has 0 spiro atoms. The molecule has 2 aromatic carbocycles. The van der Waals surface area contributed by atoms with Crippen molar-refractivity contribution in [2.24, 2.45) is 5.92 Å². The largest absolute Gasteiger partial charge is 0.469 e. The molecule has 1 aliphatic carbocycles. The number of thiazole rings is 1. The molecule has 1 atom stereocenters. The number of nitrogens with zero attached hydrogens (tertiary/aromatic N) is 2. The van der Waals surface area contributed by atoms with Crippen molar-refractivity contribution >= 4 is 55.7 Å². The highest BCUT2D eigenvalue weighted by Crippen LogP contribution is 2.36. The van der Waals surface area contributed by atoms with Crippen LogP contribution in [0.25, 0.3) is 10.2 Å². The van der Waals surface area contributed by atoms with Crippen LogP contribution in [0.15, 0.2) is 36.4 Å². The van der Waals surface area contributed by atoms with E-state index < -0.39 is 17.9 Å². The second kappa shape index (κ2) is 11.8. The molecular weight excluding hydrogens is 548 g/mol. The lowest BCUT2D eigenvalue weighted by Crippen LogP contribution is -2.54. The number of methoxy groups -OCH3 is 1. The second-order valence-electron chi connectivity index (χ2n) is 10.0. The number of alkyl halides is 1. The van der Waals surface area contributed by atoms with Gasteiger partial charge in [-0.3, -0.25) is 9.59 Å². The standard InChI is InChI=1S/C28H30ClF2N3O4S/c1-37-26(36)18-5-8-20(9-6-18)38-28(31,34-12-2-3-13-34)25(35)15-17-4-10-22(21(29)14-17)32-27-33-23-11-7-19(30)16-24(23)39-27/h4,7,10-11,14,16,18,20H,2-3,5-6,8-9,12-13,15H2,1H3,(H,32,33).